The van der Waals surface area contributed by atoms with E-state index >= 15 is 0 Å². The number of aryl methyl sites for hydroxylation is 1. The third kappa shape index (κ3) is 6.99. The molecule has 2 aromatic rings. The topological polar surface area (TPSA) is 103 Å². The fourth-order valence-electron chi connectivity index (χ4n) is 2.11. The van der Waals surface area contributed by atoms with Gasteiger partial charge in [-0.25, -0.2) is 4.98 Å². The van der Waals surface area contributed by atoms with Crippen molar-refractivity contribution in [1.82, 2.24) is 20.7 Å². The van der Waals surface area contributed by atoms with Gasteiger partial charge in [0.05, 0.1) is 19.5 Å². The number of likely N-dealkylation sites (N-methyl/N-ethyl adjacent to an activating group) is 1. The molecule has 0 bridgehead atoms. The van der Waals surface area contributed by atoms with Gasteiger partial charge in [-0.05, 0) is 26.1 Å². The van der Waals surface area contributed by atoms with Gasteiger partial charge < -0.3 is 5.32 Å². The number of benzene rings is 1. The summed E-state index contributed by atoms with van der Waals surface area (Å²) < 4.78 is 0. The molecule has 1 aromatic heterocycles. The number of hydrogen-bond acceptors (Lipinski definition) is 6. The quantitative estimate of drug-likeness (QED) is 0.619. The number of amides is 3. The molecule has 0 atom stereocenters. The molecule has 0 fully saturated rings. The predicted molar refractivity (Wildman–Crippen MR) is 99.4 cm³/mol. The number of anilines is 1. The van der Waals surface area contributed by atoms with Gasteiger partial charge in [0.1, 0.15) is 5.01 Å². The van der Waals surface area contributed by atoms with Crippen LogP contribution in [0.25, 0.3) is 0 Å². The lowest BCUT2D eigenvalue weighted by Crippen LogP contribution is -2.47. The highest BCUT2D eigenvalue weighted by Crippen LogP contribution is 2.08. The second kappa shape index (κ2) is 9.64. The zero-order chi connectivity index (χ0) is 18.9. The SMILES string of the molecule is Cc1csc(CC(=O)NNC(=O)CN(C)CC(=O)Nc2ccccc2)n1. The van der Waals surface area contributed by atoms with Crippen LogP contribution in [-0.2, 0) is 20.8 Å². The highest BCUT2D eigenvalue weighted by Gasteiger charge is 2.12. The van der Waals surface area contributed by atoms with Crippen LogP contribution in [0.4, 0.5) is 5.69 Å². The van der Waals surface area contributed by atoms with Crippen LogP contribution in [0.1, 0.15) is 10.7 Å². The summed E-state index contributed by atoms with van der Waals surface area (Å²) in [5.74, 6) is -0.990. The molecule has 26 heavy (non-hydrogen) atoms. The fourth-order valence-corrected chi connectivity index (χ4v) is 2.88. The standard InChI is InChI=1S/C17H21N5O3S/c1-12-11-26-17(18-12)8-14(23)20-21-16(25)10-22(2)9-15(24)19-13-6-4-3-5-7-13/h3-7,11H,8-10H2,1-2H3,(H,19,24)(H,20,23)(H,21,25). The summed E-state index contributed by atoms with van der Waals surface area (Å²) in [6.07, 6.45) is 0.105. The zero-order valence-electron chi connectivity index (χ0n) is 14.6. The number of carbonyl (C=O) groups excluding carboxylic acids is 3. The normalized spacial score (nSPS) is 10.4. The van der Waals surface area contributed by atoms with Crippen LogP contribution in [0.3, 0.4) is 0 Å². The molecule has 138 valence electrons. The maximum absolute atomic E-state index is 11.9. The van der Waals surface area contributed by atoms with E-state index in [2.05, 4.69) is 21.2 Å². The monoisotopic (exact) mass is 375 g/mol. The van der Waals surface area contributed by atoms with Crippen molar-refractivity contribution in [2.45, 2.75) is 13.3 Å². The maximum Gasteiger partial charge on any atom is 0.252 e. The number of hydrazine groups is 1. The second-order valence-electron chi connectivity index (χ2n) is 5.74. The van der Waals surface area contributed by atoms with E-state index in [-0.39, 0.29) is 31.3 Å². The van der Waals surface area contributed by atoms with Crippen molar-refractivity contribution in [3.63, 3.8) is 0 Å². The van der Waals surface area contributed by atoms with Crippen LogP contribution in [0.15, 0.2) is 35.7 Å². The van der Waals surface area contributed by atoms with E-state index < -0.39 is 5.91 Å². The highest BCUT2D eigenvalue weighted by molar-refractivity contribution is 7.09. The number of nitrogens with one attached hydrogen (secondary N) is 3. The van der Waals surface area contributed by atoms with Crippen molar-refractivity contribution in [1.29, 1.82) is 0 Å². The molecule has 2 rings (SSSR count). The summed E-state index contributed by atoms with van der Waals surface area (Å²) in [7, 11) is 1.64. The summed E-state index contributed by atoms with van der Waals surface area (Å²) >= 11 is 1.39. The molecule has 0 spiro atoms. The van der Waals surface area contributed by atoms with Crippen molar-refractivity contribution in [2.24, 2.45) is 0 Å². The zero-order valence-corrected chi connectivity index (χ0v) is 15.4. The first-order valence-corrected chi connectivity index (χ1v) is 8.82. The third-order valence-electron chi connectivity index (χ3n) is 3.20. The molecular weight excluding hydrogens is 354 g/mol. The van der Waals surface area contributed by atoms with E-state index in [1.807, 2.05) is 30.5 Å². The highest BCUT2D eigenvalue weighted by atomic mass is 32.1. The van der Waals surface area contributed by atoms with Crippen molar-refractivity contribution in [3.05, 3.63) is 46.4 Å². The second-order valence-corrected chi connectivity index (χ2v) is 6.68. The average Bonchev–Trinajstić information content (AvgIpc) is 2.98. The first-order valence-electron chi connectivity index (χ1n) is 7.94. The Morgan fingerprint density at radius 2 is 1.69 bits per heavy atom. The summed E-state index contributed by atoms with van der Waals surface area (Å²) in [4.78, 5) is 41.2. The maximum atomic E-state index is 11.9. The summed E-state index contributed by atoms with van der Waals surface area (Å²) in [6, 6.07) is 9.06. The molecule has 0 unspecified atom stereocenters. The van der Waals surface area contributed by atoms with Crippen molar-refractivity contribution in [3.8, 4) is 0 Å². The largest absolute Gasteiger partial charge is 0.325 e. The lowest BCUT2D eigenvalue weighted by molar-refractivity contribution is -0.129. The van der Waals surface area contributed by atoms with Gasteiger partial charge in [-0.2, -0.15) is 0 Å². The third-order valence-corrected chi connectivity index (χ3v) is 4.17. The number of carbonyl (C=O) groups is 3. The molecule has 0 aliphatic rings. The molecule has 0 saturated heterocycles. The lowest BCUT2D eigenvalue weighted by Gasteiger charge is -2.16. The van der Waals surface area contributed by atoms with Gasteiger partial charge >= 0.3 is 0 Å². The van der Waals surface area contributed by atoms with Crippen LogP contribution in [0.5, 0.6) is 0 Å². The molecule has 3 N–H and O–H groups in total. The number of aromatic nitrogens is 1. The number of para-hydroxylation sites is 1. The predicted octanol–water partition coefficient (Wildman–Crippen LogP) is 0.712. The summed E-state index contributed by atoms with van der Waals surface area (Å²) in [5, 5.41) is 5.28. The Kier molecular flexibility index (Phi) is 7.24. The molecule has 0 aliphatic heterocycles. The van der Waals surface area contributed by atoms with Crippen molar-refractivity contribution < 1.29 is 14.4 Å². The van der Waals surface area contributed by atoms with Crippen molar-refractivity contribution in [2.75, 3.05) is 25.5 Å². The smallest absolute Gasteiger partial charge is 0.252 e. The Hall–Kier alpha value is -2.78. The molecule has 3 amide bonds. The fraction of sp³-hybridized carbons (Fsp3) is 0.294. The van der Waals surface area contributed by atoms with Crippen molar-refractivity contribution >= 4 is 34.7 Å². The van der Waals surface area contributed by atoms with Gasteiger partial charge in [0, 0.05) is 16.8 Å². The molecule has 8 nitrogen and oxygen atoms in total. The Morgan fingerprint density at radius 1 is 1.04 bits per heavy atom. The minimum Gasteiger partial charge on any atom is -0.325 e. The van der Waals surface area contributed by atoms with E-state index in [1.165, 1.54) is 11.3 Å². The Labute approximate surface area is 155 Å². The molecule has 0 saturated carbocycles. The van der Waals surface area contributed by atoms with E-state index in [4.69, 9.17) is 0 Å². The molecule has 1 aromatic carbocycles. The van der Waals surface area contributed by atoms with Crippen LogP contribution >= 0.6 is 11.3 Å². The van der Waals surface area contributed by atoms with Gasteiger partial charge in [0.15, 0.2) is 0 Å². The molecule has 1 heterocycles. The van der Waals surface area contributed by atoms with E-state index in [0.29, 0.717) is 10.7 Å². The van der Waals surface area contributed by atoms with Gasteiger partial charge in [-0.3, -0.25) is 30.1 Å². The lowest BCUT2D eigenvalue weighted by atomic mass is 10.3. The van der Waals surface area contributed by atoms with Crippen LogP contribution in [-0.4, -0.2) is 47.7 Å². The average molecular weight is 375 g/mol. The minimum atomic E-state index is -0.413. The summed E-state index contributed by atoms with van der Waals surface area (Å²) in [5.41, 5.74) is 6.22. The van der Waals surface area contributed by atoms with E-state index in [1.54, 1.807) is 24.1 Å². The number of nitrogens with zero attached hydrogens (tertiary/aromatic N) is 2. The summed E-state index contributed by atoms with van der Waals surface area (Å²) in [6.45, 7) is 1.87. The molecule has 9 heteroatoms. The number of hydrogen-bond donors (Lipinski definition) is 3. The van der Waals surface area contributed by atoms with Gasteiger partial charge in [-0.15, -0.1) is 11.3 Å². The Morgan fingerprint density at radius 3 is 2.35 bits per heavy atom. The van der Waals surface area contributed by atoms with Crippen LogP contribution in [0.2, 0.25) is 0 Å². The Bertz CT molecular complexity index is 763. The van der Waals surface area contributed by atoms with Gasteiger partial charge in [0.25, 0.3) is 5.91 Å². The van der Waals surface area contributed by atoms with E-state index in [9.17, 15) is 14.4 Å². The van der Waals surface area contributed by atoms with Crippen LogP contribution in [0, 0.1) is 6.92 Å². The number of rotatable bonds is 7. The van der Waals surface area contributed by atoms with Crippen LogP contribution < -0.4 is 16.2 Å². The first kappa shape index (κ1) is 19.5. The minimum absolute atomic E-state index is 0.0289. The molecule has 0 aliphatic carbocycles. The Balaban J connectivity index is 1.66. The van der Waals surface area contributed by atoms with E-state index in [0.717, 1.165) is 5.69 Å². The first-order chi connectivity index (χ1) is 12.4. The number of thiazole rings is 1. The van der Waals surface area contributed by atoms with Gasteiger partial charge in [0.2, 0.25) is 11.8 Å². The molecule has 0 radical (unpaired) electrons. The van der Waals surface area contributed by atoms with Gasteiger partial charge in [-0.1, -0.05) is 18.2 Å². The molecular formula is C17H21N5O3S.